The lowest BCUT2D eigenvalue weighted by atomic mass is 10.2. The van der Waals surface area contributed by atoms with E-state index in [2.05, 4.69) is 96.3 Å². The van der Waals surface area contributed by atoms with Crippen LogP contribution in [-0.2, 0) is 0 Å². The first-order valence-electron chi connectivity index (χ1n) is 10.9. The van der Waals surface area contributed by atoms with Crippen molar-refractivity contribution in [2.45, 2.75) is 6.42 Å². The van der Waals surface area contributed by atoms with Crippen molar-refractivity contribution in [1.82, 2.24) is 5.32 Å². The molecular weight excluding hydrogens is 491 g/mol. The zero-order chi connectivity index (χ0) is 22.2. The summed E-state index contributed by atoms with van der Waals surface area (Å²) in [6.07, 6.45) is 1.85. The Morgan fingerprint density at radius 2 is 1.18 bits per heavy atom. The first-order valence-corrected chi connectivity index (χ1v) is 12.9. The van der Waals surface area contributed by atoms with Crippen molar-refractivity contribution in [3.8, 4) is 0 Å². The second kappa shape index (κ2) is 11.8. The normalized spacial score (nSPS) is 10.8. The lowest BCUT2D eigenvalue weighted by Crippen LogP contribution is -3.00. The molecule has 5 heteroatoms. The van der Waals surface area contributed by atoms with Gasteiger partial charge < -0.3 is 28.0 Å². The molecule has 0 fully saturated rings. The van der Waals surface area contributed by atoms with Gasteiger partial charge in [0.15, 0.2) is 0 Å². The van der Waals surface area contributed by atoms with Crippen LogP contribution < -0.4 is 43.9 Å². The quantitative estimate of drug-likeness (QED) is 0.210. The summed E-state index contributed by atoms with van der Waals surface area (Å²) in [4.78, 5) is 12.6. The van der Waals surface area contributed by atoms with Crippen LogP contribution in [0.4, 0.5) is 5.69 Å². The highest BCUT2D eigenvalue weighted by atomic mass is 79.9. The van der Waals surface area contributed by atoms with Gasteiger partial charge in [0.05, 0.1) is 6.16 Å². The fourth-order valence-corrected chi connectivity index (χ4v) is 8.53. The molecule has 1 amide bonds. The summed E-state index contributed by atoms with van der Waals surface area (Å²) in [6.45, 7) is 0.613. The molecule has 0 aliphatic carbocycles. The van der Waals surface area contributed by atoms with Crippen LogP contribution in [0, 0.1) is 0 Å². The molecule has 168 valence electrons. The zero-order valence-corrected chi connectivity index (χ0v) is 20.9. The number of hydrogen-bond donors (Lipinski definition) is 2. The zero-order valence-electron chi connectivity index (χ0n) is 18.4. The van der Waals surface area contributed by atoms with Crippen LogP contribution in [0.2, 0.25) is 0 Å². The molecule has 0 atom stereocenters. The Labute approximate surface area is 207 Å². The maximum Gasteiger partial charge on any atom is 0.251 e. The number of benzene rings is 4. The number of rotatable bonds is 8. The van der Waals surface area contributed by atoms with Gasteiger partial charge in [0.2, 0.25) is 0 Å². The predicted octanol–water partition coefficient (Wildman–Crippen LogP) is 1.39. The maximum atomic E-state index is 12.6. The molecule has 0 aliphatic rings. The number of hydrogen-bond acceptors (Lipinski definition) is 2. The van der Waals surface area contributed by atoms with Crippen molar-refractivity contribution in [3.05, 3.63) is 121 Å². The smallest absolute Gasteiger partial charge is 0.251 e. The molecule has 0 saturated carbocycles. The van der Waals surface area contributed by atoms with Crippen molar-refractivity contribution in [2.24, 2.45) is 0 Å². The highest BCUT2D eigenvalue weighted by molar-refractivity contribution is 7.95. The van der Waals surface area contributed by atoms with E-state index in [1.165, 1.54) is 15.9 Å². The lowest BCUT2D eigenvalue weighted by Gasteiger charge is -2.27. The third-order valence-corrected chi connectivity index (χ3v) is 10.2. The Bertz CT molecular complexity index is 1060. The molecule has 4 aromatic rings. The van der Waals surface area contributed by atoms with E-state index < -0.39 is 7.26 Å². The minimum atomic E-state index is -1.86. The number of carbonyl (C=O) groups is 1. The second-order valence-corrected chi connectivity index (χ2v) is 11.4. The minimum Gasteiger partial charge on any atom is -1.00 e. The van der Waals surface area contributed by atoms with Gasteiger partial charge in [-0.25, -0.2) is 0 Å². The van der Waals surface area contributed by atoms with Gasteiger partial charge in [0, 0.05) is 17.8 Å². The minimum absolute atomic E-state index is 0. The number of anilines is 1. The number of nitrogens with one attached hydrogen (secondary N) is 1. The molecule has 0 aromatic heterocycles. The van der Waals surface area contributed by atoms with Crippen molar-refractivity contribution in [3.63, 3.8) is 0 Å². The molecule has 0 heterocycles. The van der Waals surface area contributed by atoms with E-state index in [1.54, 1.807) is 24.3 Å². The van der Waals surface area contributed by atoms with Crippen molar-refractivity contribution in [1.29, 1.82) is 0 Å². The molecule has 3 nitrogen and oxygen atoms in total. The molecule has 0 spiro atoms. The SMILES string of the molecule is Nc1cccc(C(=O)NCCC[P+](c2ccccc2)(c2ccccc2)c2ccccc2)c1.[Br-]. The number of amides is 1. The largest absolute Gasteiger partial charge is 1.00 e. The molecule has 4 aromatic carbocycles. The Morgan fingerprint density at radius 1 is 0.697 bits per heavy atom. The monoisotopic (exact) mass is 518 g/mol. The molecule has 0 bridgehead atoms. The van der Waals surface area contributed by atoms with Gasteiger partial charge >= 0.3 is 0 Å². The molecule has 33 heavy (non-hydrogen) atoms. The van der Waals surface area contributed by atoms with Gasteiger partial charge in [-0.3, -0.25) is 4.79 Å². The molecule has 0 saturated heterocycles. The summed E-state index contributed by atoms with van der Waals surface area (Å²) in [7, 11) is -1.86. The van der Waals surface area contributed by atoms with Gasteiger partial charge in [-0.15, -0.1) is 0 Å². The van der Waals surface area contributed by atoms with Crippen LogP contribution in [0.1, 0.15) is 16.8 Å². The number of carbonyl (C=O) groups excluding carboxylic acids is 1. The summed E-state index contributed by atoms with van der Waals surface area (Å²) in [5, 5.41) is 7.16. The van der Waals surface area contributed by atoms with E-state index in [0.29, 0.717) is 17.8 Å². The number of nitrogen functional groups attached to an aromatic ring is 1. The van der Waals surface area contributed by atoms with Crippen molar-refractivity contribution >= 4 is 34.8 Å². The Hall–Kier alpha value is -2.94. The molecule has 0 unspecified atom stereocenters. The van der Waals surface area contributed by atoms with Crippen LogP contribution >= 0.6 is 7.26 Å². The third-order valence-electron chi connectivity index (χ3n) is 5.70. The second-order valence-electron chi connectivity index (χ2n) is 7.77. The fourth-order valence-electron chi connectivity index (χ4n) is 4.18. The van der Waals surface area contributed by atoms with E-state index in [4.69, 9.17) is 5.73 Å². The lowest BCUT2D eigenvalue weighted by molar-refractivity contribution is -0.0000146. The van der Waals surface area contributed by atoms with Crippen LogP contribution in [0.15, 0.2) is 115 Å². The van der Waals surface area contributed by atoms with E-state index in [-0.39, 0.29) is 22.9 Å². The summed E-state index contributed by atoms with van der Waals surface area (Å²) in [5.74, 6) is -0.0830. The van der Waals surface area contributed by atoms with Gasteiger partial charge in [0.25, 0.3) is 5.91 Å². The first-order chi connectivity index (χ1) is 15.7. The van der Waals surface area contributed by atoms with E-state index in [9.17, 15) is 4.79 Å². The van der Waals surface area contributed by atoms with Crippen LogP contribution in [0.25, 0.3) is 0 Å². The molecule has 4 rings (SSSR count). The first kappa shape index (κ1) is 24.7. The Kier molecular flexibility index (Phi) is 8.82. The number of halogens is 1. The van der Waals surface area contributed by atoms with E-state index in [1.807, 2.05) is 0 Å². The third kappa shape index (κ3) is 5.71. The van der Waals surface area contributed by atoms with Gasteiger partial charge in [-0.1, -0.05) is 60.7 Å². The van der Waals surface area contributed by atoms with Gasteiger partial charge in [-0.05, 0) is 61.0 Å². The maximum absolute atomic E-state index is 12.6. The fraction of sp³-hybridized carbons (Fsp3) is 0.107. The van der Waals surface area contributed by atoms with E-state index in [0.717, 1.165) is 12.6 Å². The highest BCUT2D eigenvalue weighted by Crippen LogP contribution is 2.55. The number of nitrogens with two attached hydrogens (primary N) is 1. The van der Waals surface area contributed by atoms with Crippen LogP contribution in [0.5, 0.6) is 0 Å². The average molecular weight is 519 g/mol. The summed E-state index contributed by atoms with van der Waals surface area (Å²) < 4.78 is 0. The highest BCUT2D eigenvalue weighted by Gasteiger charge is 2.44. The summed E-state index contributed by atoms with van der Waals surface area (Å²) in [6, 6.07) is 39.5. The average Bonchev–Trinajstić information content (AvgIpc) is 2.86. The molecule has 3 N–H and O–H groups in total. The van der Waals surface area contributed by atoms with Crippen LogP contribution in [-0.4, -0.2) is 18.6 Å². The van der Waals surface area contributed by atoms with Crippen molar-refractivity contribution < 1.29 is 21.8 Å². The Morgan fingerprint density at radius 3 is 1.64 bits per heavy atom. The Balaban J connectivity index is 0.00000306. The molecular formula is C28H28BrN2OP. The van der Waals surface area contributed by atoms with Crippen LogP contribution in [0.3, 0.4) is 0 Å². The summed E-state index contributed by atoms with van der Waals surface area (Å²) in [5.41, 5.74) is 7.02. The molecule has 0 aliphatic heterocycles. The topological polar surface area (TPSA) is 55.1 Å². The molecule has 0 radical (unpaired) electrons. The van der Waals surface area contributed by atoms with E-state index >= 15 is 0 Å². The standard InChI is InChI=1S/C28H27N2OP.BrH/c29-24-13-10-12-23(22-24)28(31)30-20-11-21-32(25-14-4-1-5-15-25,26-16-6-2-7-17-26)27-18-8-3-9-19-27;/h1-10,12-19,22H,11,20-21,29H2;1H. The van der Waals surface area contributed by atoms with Gasteiger partial charge in [-0.2, -0.15) is 0 Å². The van der Waals surface area contributed by atoms with Crippen molar-refractivity contribution in [2.75, 3.05) is 18.4 Å². The predicted molar refractivity (Wildman–Crippen MR) is 138 cm³/mol. The van der Waals surface area contributed by atoms with Gasteiger partial charge in [0.1, 0.15) is 23.2 Å². The summed E-state index contributed by atoms with van der Waals surface area (Å²) >= 11 is 0.